The summed E-state index contributed by atoms with van der Waals surface area (Å²) in [5.74, 6) is -1.47. The Bertz CT molecular complexity index is 657. The molecule has 0 atom stereocenters. The molecule has 0 aliphatic heterocycles. The van der Waals surface area contributed by atoms with Crippen molar-refractivity contribution >= 4 is 52.2 Å². The number of rotatable bonds is 3. The van der Waals surface area contributed by atoms with E-state index in [4.69, 9.17) is 28.3 Å². The van der Waals surface area contributed by atoms with Gasteiger partial charge in [-0.3, -0.25) is 4.79 Å². The summed E-state index contributed by atoms with van der Waals surface area (Å²) in [6, 6.07) is 4.01. The van der Waals surface area contributed by atoms with Crippen LogP contribution in [0.25, 0.3) is 0 Å². The van der Waals surface area contributed by atoms with E-state index in [2.05, 4.69) is 10.3 Å². The summed E-state index contributed by atoms with van der Waals surface area (Å²) >= 11 is 12.7. The van der Waals surface area contributed by atoms with Crippen LogP contribution in [0.2, 0.25) is 8.67 Å². The first-order chi connectivity index (χ1) is 8.97. The van der Waals surface area contributed by atoms with Crippen LogP contribution in [0, 0.1) is 0 Å². The number of anilines is 1. The fourth-order valence-electron chi connectivity index (χ4n) is 1.31. The third kappa shape index (κ3) is 3.23. The lowest BCUT2D eigenvalue weighted by Crippen LogP contribution is -2.13. The zero-order valence-corrected chi connectivity index (χ0v) is 11.5. The summed E-state index contributed by atoms with van der Waals surface area (Å²) in [6.07, 6.45) is 1.29. The molecule has 5 nitrogen and oxygen atoms in total. The number of amides is 1. The smallest absolute Gasteiger partial charge is 0.335 e. The third-order valence-electron chi connectivity index (χ3n) is 2.15. The molecule has 0 bridgehead atoms. The molecule has 19 heavy (non-hydrogen) atoms. The number of aromatic nitrogens is 1. The van der Waals surface area contributed by atoms with Gasteiger partial charge in [-0.2, -0.15) is 0 Å². The van der Waals surface area contributed by atoms with Gasteiger partial charge in [-0.05, 0) is 18.2 Å². The van der Waals surface area contributed by atoms with Crippen molar-refractivity contribution in [3.8, 4) is 0 Å². The molecule has 8 heteroatoms. The van der Waals surface area contributed by atoms with Crippen molar-refractivity contribution in [3.63, 3.8) is 0 Å². The molecule has 0 unspecified atom stereocenters. The van der Waals surface area contributed by atoms with Crippen LogP contribution in [-0.4, -0.2) is 22.0 Å². The van der Waals surface area contributed by atoms with Crippen molar-refractivity contribution in [3.05, 3.63) is 44.2 Å². The highest BCUT2D eigenvalue weighted by molar-refractivity contribution is 7.20. The van der Waals surface area contributed by atoms with Crippen molar-refractivity contribution in [2.75, 3.05) is 5.32 Å². The molecule has 2 rings (SSSR count). The Labute approximate surface area is 121 Å². The van der Waals surface area contributed by atoms with Gasteiger partial charge in [0.15, 0.2) is 0 Å². The van der Waals surface area contributed by atoms with Crippen molar-refractivity contribution in [1.82, 2.24) is 4.98 Å². The number of nitrogens with one attached hydrogen (secondary N) is 1. The summed E-state index contributed by atoms with van der Waals surface area (Å²) < 4.78 is 0.652. The van der Waals surface area contributed by atoms with Crippen LogP contribution in [0.4, 0.5) is 5.82 Å². The van der Waals surface area contributed by atoms with Crippen LogP contribution in [-0.2, 0) is 0 Å². The molecule has 0 fully saturated rings. The molecule has 2 aromatic rings. The predicted molar refractivity (Wildman–Crippen MR) is 73.5 cm³/mol. The standard InChI is InChI=1S/C11H6Cl2N2O3S/c12-7-4-6(9(13)19-7)10(16)15-8-3-5(11(17)18)1-2-14-8/h1-4H,(H,17,18)(H,14,15,16). The SMILES string of the molecule is O=C(O)c1ccnc(NC(=O)c2cc(Cl)sc2Cl)c1. The highest BCUT2D eigenvalue weighted by Gasteiger charge is 2.15. The molecule has 0 spiro atoms. The van der Waals surface area contributed by atoms with Crippen molar-refractivity contribution in [2.24, 2.45) is 0 Å². The van der Waals surface area contributed by atoms with E-state index in [0.29, 0.717) is 4.34 Å². The lowest BCUT2D eigenvalue weighted by atomic mass is 10.2. The number of halogens is 2. The normalized spacial score (nSPS) is 10.2. The van der Waals surface area contributed by atoms with Gasteiger partial charge in [-0.25, -0.2) is 9.78 Å². The van der Waals surface area contributed by atoms with E-state index in [1.807, 2.05) is 0 Å². The molecule has 1 amide bonds. The number of hydrogen-bond donors (Lipinski definition) is 2. The molecule has 0 saturated heterocycles. The zero-order chi connectivity index (χ0) is 14.0. The predicted octanol–water partition coefficient (Wildman–Crippen LogP) is 3.40. The van der Waals surface area contributed by atoms with Crippen molar-refractivity contribution in [1.29, 1.82) is 0 Å². The van der Waals surface area contributed by atoms with Crippen LogP contribution in [0.5, 0.6) is 0 Å². The zero-order valence-electron chi connectivity index (χ0n) is 9.18. The molecule has 0 radical (unpaired) electrons. The molecule has 0 aliphatic carbocycles. The quantitative estimate of drug-likeness (QED) is 0.909. The lowest BCUT2D eigenvalue weighted by Gasteiger charge is -2.03. The molecule has 2 N–H and O–H groups in total. The summed E-state index contributed by atoms with van der Waals surface area (Å²) in [7, 11) is 0. The van der Waals surface area contributed by atoms with E-state index in [1.165, 1.54) is 24.4 Å². The molecule has 2 aromatic heterocycles. The first-order valence-electron chi connectivity index (χ1n) is 4.93. The average molecular weight is 317 g/mol. The second kappa shape index (κ2) is 5.56. The minimum atomic E-state index is -1.10. The van der Waals surface area contributed by atoms with Gasteiger partial charge in [0.2, 0.25) is 0 Å². The second-order valence-electron chi connectivity index (χ2n) is 3.43. The minimum absolute atomic E-state index is 0.0275. The molecule has 0 aliphatic rings. The van der Waals surface area contributed by atoms with E-state index >= 15 is 0 Å². The van der Waals surface area contributed by atoms with Crippen LogP contribution in [0.1, 0.15) is 20.7 Å². The van der Waals surface area contributed by atoms with E-state index in [0.717, 1.165) is 11.3 Å². The summed E-state index contributed by atoms with van der Waals surface area (Å²) in [5.41, 5.74) is 0.249. The van der Waals surface area contributed by atoms with Gasteiger partial charge in [0.25, 0.3) is 5.91 Å². The number of thiophene rings is 1. The number of carboxylic acids is 1. The first kappa shape index (κ1) is 13.8. The monoisotopic (exact) mass is 316 g/mol. The van der Waals surface area contributed by atoms with Gasteiger partial charge in [0.05, 0.1) is 15.5 Å². The van der Waals surface area contributed by atoms with E-state index in [1.54, 1.807) is 0 Å². The van der Waals surface area contributed by atoms with Gasteiger partial charge in [0.1, 0.15) is 10.2 Å². The topological polar surface area (TPSA) is 79.3 Å². The Balaban J connectivity index is 2.21. The third-order valence-corrected chi connectivity index (χ3v) is 3.64. The highest BCUT2D eigenvalue weighted by atomic mass is 35.5. The lowest BCUT2D eigenvalue weighted by molar-refractivity contribution is 0.0696. The van der Waals surface area contributed by atoms with Crippen molar-refractivity contribution < 1.29 is 14.7 Å². The Morgan fingerprint density at radius 2 is 2.05 bits per heavy atom. The Morgan fingerprint density at radius 3 is 2.63 bits per heavy atom. The molecule has 98 valence electrons. The second-order valence-corrected chi connectivity index (χ2v) is 5.71. The highest BCUT2D eigenvalue weighted by Crippen LogP contribution is 2.31. The van der Waals surface area contributed by atoms with Gasteiger partial charge in [-0.1, -0.05) is 23.2 Å². The first-order valence-corrected chi connectivity index (χ1v) is 6.50. The van der Waals surface area contributed by atoms with Gasteiger partial charge in [-0.15, -0.1) is 11.3 Å². The Kier molecular flexibility index (Phi) is 4.04. The average Bonchev–Trinajstić information content (AvgIpc) is 2.69. The molecule has 0 aromatic carbocycles. The van der Waals surface area contributed by atoms with Crippen LogP contribution in [0.15, 0.2) is 24.4 Å². The van der Waals surface area contributed by atoms with Crippen molar-refractivity contribution in [2.45, 2.75) is 0 Å². The Hall–Kier alpha value is -1.63. The van der Waals surface area contributed by atoms with Crippen LogP contribution >= 0.6 is 34.5 Å². The summed E-state index contributed by atoms with van der Waals surface area (Å²) in [5, 5.41) is 11.3. The van der Waals surface area contributed by atoms with Gasteiger partial charge in [0, 0.05) is 6.20 Å². The van der Waals surface area contributed by atoms with E-state index < -0.39 is 11.9 Å². The van der Waals surface area contributed by atoms with Gasteiger partial charge >= 0.3 is 5.97 Å². The maximum Gasteiger partial charge on any atom is 0.335 e. The van der Waals surface area contributed by atoms with Crippen LogP contribution < -0.4 is 5.32 Å². The number of carbonyl (C=O) groups is 2. The van der Waals surface area contributed by atoms with E-state index in [9.17, 15) is 9.59 Å². The number of carboxylic acid groups (broad SMARTS) is 1. The van der Waals surface area contributed by atoms with Crippen LogP contribution in [0.3, 0.4) is 0 Å². The van der Waals surface area contributed by atoms with E-state index in [-0.39, 0.29) is 21.3 Å². The Morgan fingerprint density at radius 1 is 1.32 bits per heavy atom. The molecular formula is C11H6Cl2N2O3S. The number of nitrogens with zero attached hydrogens (tertiary/aromatic N) is 1. The maximum atomic E-state index is 11.9. The summed E-state index contributed by atoms with van der Waals surface area (Å²) in [6.45, 7) is 0. The maximum absolute atomic E-state index is 11.9. The molecular weight excluding hydrogens is 311 g/mol. The number of aromatic carboxylic acids is 1. The summed E-state index contributed by atoms with van der Waals surface area (Å²) in [4.78, 5) is 26.5. The number of hydrogen-bond acceptors (Lipinski definition) is 4. The fourth-order valence-corrected chi connectivity index (χ4v) is 2.77. The fraction of sp³-hybridized carbons (Fsp3) is 0. The number of carbonyl (C=O) groups excluding carboxylic acids is 1. The molecule has 0 saturated carbocycles. The molecule has 2 heterocycles. The largest absolute Gasteiger partial charge is 0.478 e. The minimum Gasteiger partial charge on any atom is -0.478 e. The van der Waals surface area contributed by atoms with Gasteiger partial charge < -0.3 is 10.4 Å². The number of pyridine rings is 1.